The van der Waals surface area contributed by atoms with Gasteiger partial charge in [-0.2, -0.15) is 0 Å². The van der Waals surface area contributed by atoms with Crippen LogP contribution in [0.15, 0.2) is 24.3 Å². The van der Waals surface area contributed by atoms with E-state index >= 15 is 0 Å². The topological polar surface area (TPSA) is 68.4 Å². The van der Waals surface area contributed by atoms with Crippen LogP contribution in [0.2, 0.25) is 0 Å². The number of fused-ring (bicyclic) bond motifs is 1. The van der Waals surface area contributed by atoms with Gasteiger partial charge in [0.15, 0.2) is 0 Å². The molecule has 3 fully saturated rings. The van der Waals surface area contributed by atoms with Gasteiger partial charge in [0.25, 0.3) is 0 Å². The average Bonchev–Trinajstić information content (AvgIpc) is 3.17. The second-order valence-electron chi connectivity index (χ2n) is 9.43. The maximum absolute atomic E-state index is 13.0. The zero-order valence-electron chi connectivity index (χ0n) is 19.6. The van der Waals surface area contributed by atoms with Crippen molar-refractivity contribution in [1.29, 1.82) is 0 Å². The summed E-state index contributed by atoms with van der Waals surface area (Å²) in [6.45, 7) is 4.91. The van der Waals surface area contributed by atoms with Gasteiger partial charge in [-0.3, -0.25) is 19.4 Å². The molecule has 0 bridgehead atoms. The van der Waals surface area contributed by atoms with E-state index in [9.17, 15) is 9.59 Å². The largest absolute Gasteiger partial charge is 0.378 e. The Bertz CT molecular complexity index is 793. The van der Waals surface area contributed by atoms with Crippen LogP contribution in [-0.2, 0) is 20.9 Å². The number of morpholine rings is 1. The van der Waals surface area contributed by atoms with Crippen LogP contribution in [0, 0.1) is 0 Å². The standard InChI is InChI=1S/C24H37N5O3/c1-26(2)19-6-4-18(5-7-19)17-29-11-10-21-23(29)24(31)25-16-20(27(21)3)8-9-22(30)28-12-14-32-15-13-28/h4-7,20-21,23H,8-17H2,1-3H3,(H,25,31). The van der Waals surface area contributed by atoms with Crippen LogP contribution in [0.25, 0.3) is 0 Å². The van der Waals surface area contributed by atoms with Crippen LogP contribution >= 0.6 is 0 Å². The fourth-order valence-corrected chi connectivity index (χ4v) is 5.22. The monoisotopic (exact) mass is 443 g/mol. The van der Waals surface area contributed by atoms with Gasteiger partial charge in [-0.15, -0.1) is 0 Å². The number of benzene rings is 1. The van der Waals surface area contributed by atoms with E-state index in [1.54, 1.807) is 0 Å². The summed E-state index contributed by atoms with van der Waals surface area (Å²) in [5, 5.41) is 3.17. The number of likely N-dealkylation sites (tertiary alicyclic amines) is 1. The normalized spacial score (nSPS) is 27.0. The lowest BCUT2D eigenvalue weighted by atomic mass is 10.0. The van der Waals surface area contributed by atoms with Crippen LogP contribution in [0.1, 0.15) is 24.8 Å². The molecule has 0 saturated carbocycles. The van der Waals surface area contributed by atoms with Crippen LogP contribution < -0.4 is 10.2 Å². The van der Waals surface area contributed by atoms with Gasteiger partial charge in [-0.25, -0.2) is 0 Å². The molecule has 176 valence electrons. The molecule has 3 aliphatic heterocycles. The van der Waals surface area contributed by atoms with E-state index in [4.69, 9.17) is 4.74 Å². The number of carbonyl (C=O) groups excluding carboxylic acids is 2. The van der Waals surface area contributed by atoms with Crippen LogP contribution in [0.4, 0.5) is 5.69 Å². The Balaban J connectivity index is 1.37. The minimum Gasteiger partial charge on any atom is -0.378 e. The van der Waals surface area contributed by atoms with Crippen molar-refractivity contribution >= 4 is 17.5 Å². The minimum atomic E-state index is -0.145. The minimum absolute atomic E-state index is 0.117. The quantitative estimate of drug-likeness (QED) is 0.700. The summed E-state index contributed by atoms with van der Waals surface area (Å²) in [4.78, 5) is 34.3. The number of carbonyl (C=O) groups is 2. The first-order chi connectivity index (χ1) is 15.4. The molecule has 1 aromatic carbocycles. The molecule has 3 atom stereocenters. The van der Waals surface area contributed by atoms with Gasteiger partial charge in [0.1, 0.15) is 6.04 Å². The maximum atomic E-state index is 13.0. The summed E-state index contributed by atoms with van der Waals surface area (Å²) >= 11 is 0. The highest BCUT2D eigenvalue weighted by Crippen LogP contribution is 2.29. The fraction of sp³-hybridized carbons (Fsp3) is 0.667. The molecule has 3 aliphatic rings. The number of nitrogens with zero attached hydrogens (tertiary/aromatic N) is 4. The van der Waals surface area contributed by atoms with Crippen molar-refractivity contribution in [2.24, 2.45) is 0 Å². The molecule has 0 aliphatic carbocycles. The predicted molar refractivity (Wildman–Crippen MR) is 125 cm³/mol. The molecule has 0 spiro atoms. The number of amides is 2. The highest BCUT2D eigenvalue weighted by molar-refractivity contribution is 5.83. The van der Waals surface area contributed by atoms with Crippen molar-refractivity contribution in [2.45, 2.75) is 43.9 Å². The molecule has 0 radical (unpaired) electrons. The number of ether oxygens (including phenoxy) is 1. The van der Waals surface area contributed by atoms with Crippen LogP contribution in [-0.4, -0.2) is 105 Å². The number of anilines is 1. The van der Waals surface area contributed by atoms with E-state index < -0.39 is 0 Å². The third-order valence-corrected chi connectivity index (χ3v) is 7.24. The van der Waals surface area contributed by atoms with Gasteiger partial charge in [0, 0.05) is 71.0 Å². The van der Waals surface area contributed by atoms with E-state index in [0.717, 1.165) is 25.9 Å². The predicted octanol–water partition coefficient (Wildman–Crippen LogP) is 0.765. The molecular formula is C24H37N5O3. The first kappa shape index (κ1) is 23.0. The summed E-state index contributed by atoms with van der Waals surface area (Å²) in [6, 6.07) is 8.78. The number of nitrogens with one attached hydrogen (secondary N) is 1. The van der Waals surface area contributed by atoms with Crippen molar-refractivity contribution in [3.63, 3.8) is 0 Å². The Kier molecular flexibility index (Phi) is 7.33. The second kappa shape index (κ2) is 10.2. The Labute approximate surface area is 191 Å². The van der Waals surface area contributed by atoms with E-state index in [1.807, 2.05) is 19.0 Å². The molecule has 8 heteroatoms. The Hall–Kier alpha value is -2.16. The summed E-state index contributed by atoms with van der Waals surface area (Å²) < 4.78 is 5.35. The smallest absolute Gasteiger partial charge is 0.239 e. The molecule has 1 N–H and O–H groups in total. The van der Waals surface area contributed by atoms with Crippen LogP contribution in [0.3, 0.4) is 0 Å². The number of rotatable bonds is 6. The second-order valence-corrected chi connectivity index (χ2v) is 9.43. The number of likely N-dealkylation sites (N-methyl/N-ethyl adjacent to an activating group) is 1. The Morgan fingerprint density at radius 3 is 2.56 bits per heavy atom. The van der Waals surface area contributed by atoms with Gasteiger partial charge in [-0.05, 0) is 37.6 Å². The molecule has 0 aromatic heterocycles. The van der Waals surface area contributed by atoms with Gasteiger partial charge in [0.2, 0.25) is 11.8 Å². The highest BCUT2D eigenvalue weighted by Gasteiger charge is 2.44. The zero-order chi connectivity index (χ0) is 22.7. The van der Waals surface area contributed by atoms with Crippen molar-refractivity contribution in [1.82, 2.24) is 20.0 Å². The van der Waals surface area contributed by atoms with Gasteiger partial charge < -0.3 is 19.9 Å². The Morgan fingerprint density at radius 2 is 1.88 bits per heavy atom. The molecule has 4 rings (SSSR count). The number of hydrogen-bond donors (Lipinski definition) is 1. The molecule has 3 saturated heterocycles. The first-order valence-corrected chi connectivity index (χ1v) is 11.8. The van der Waals surface area contributed by atoms with Gasteiger partial charge in [-0.1, -0.05) is 12.1 Å². The van der Waals surface area contributed by atoms with Gasteiger partial charge in [0.05, 0.1) is 13.2 Å². The fourth-order valence-electron chi connectivity index (χ4n) is 5.22. The average molecular weight is 444 g/mol. The molecule has 8 nitrogen and oxygen atoms in total. The lowest BCUT2D eigenvalue weighted by Gasteiger charge is -2.33. The molecule has 32 heavy (non-hydrogen) atoms. The third kappa shape index (κ3) is 5.08. The summed E-state index contributed by atoms with van der Waals surface area (Å²) in [5.74, 6) is 0.314. The maximum Gasteiger partial charge on any atom is 0.239 e. The van der Waals surface area contributed by atoms with E-state index in [2.05, 4.69) is 51.3 Å². The summed E-state index contributed by atoms with van der Waals surface area (Å²) in [6.07, 6.45) is 2.25. The Morgan fingerprint density at radius 1 is 1.16 bits per heavy atom. The van der Waals surface area contributed by atoms with Gasteiger partial charge >= 0.3 is 0 Å². The van der Waals surface area contributed by atoms with Crippen LogP contribution in [0.5, 0.6) is 0 Å². The van der Waals surface area contributed by atoms with E-state index in [-0.39, 0.29) is 29.9 Å². The first-order valence-electron chi connectivity index (χ1n) is 11.8. The van der Waals surface area contributed by atoms with Crippen molar-refractivity contribution < 1.29 is 14.3 Å². The van der Waals surface area contributed by atoms with E-state index in [0.29, 0.717) is 39.3 Å². The SMILES string of the molecule is CN(C)c1ccc(CN2CCC3C2C(=O)NCC(CCC(=O)N2CCOCC2)N3C)cc1. The zero-order valence-corrected chi connectivity index (χ0v) is 19.6. The lowest BCUT2D eigenvalue weighted by Crippen LogP contribution is -2.49. The summed E-state index contributed by atoms with van der Waals surface area (Å²) in [5.41, 5.74) is 2.40. The number of hydrogen-bond acceptors (Lipinski definition) is 6. The molecule has 1 aromatic rings. The van der Waals surface area contributed by atoms with Crippen molar-refractivity contribution in [3.8, 4) is 0 Å². The third-order valence-electron chi connectivity index (χ3n) is 7.24. The molecule has 2 amide bonds. The van der Waals surface area contributed by atoms with Crippen molar-refractivity contribution in [2.75, 3.05) is 65.4 Å². The summed E-state index contributed by atoms with van der Waals surface area (Å²) in [7, 11) is 6.20. The van der Waals surface area contributed by atoms with Crippen molar-refractivity contribution in [3.05, 3.63) is 29.8 Å². The molecule has 3 heterocycles. The molecule has 3 unspecified atom stereocenters. The highest BCUT2D eigenvalue weighted by atomic mass is 16.5. The van der Waals surface area contributed by atoms with E-state index in [1.165, 1.54) is 11.3 Å². The lowest BCUT2D eigenvalue weighted by molar-refractivity contribution is -0.135. The molecular weight excluding hydrogens is 406 g/mol.